The van der Waals surface area contributed by atoms with Crippen molar-refractivity contribution in [2.24, 2.45) is 18.7 Å². The fourth-order valence-corrected chi connectivity index (χ4v) is 3.74. The maximum absolute atomic E-state index is 13.2. The lowest BCUT2D eigenvalue weighted by Crippen LogP contribution is -2.24. The summed E-state index contributed by atoms with van der Waals surface area (Å²) in [5, 5.41) is 12.6. The number of aryl methyl sites for hydroxylation is 1. The summed E-state index contributed by atoms with van der Waals surface area (Å²) in [4.78, 5) is 13.4. The lowest BCUT2D eigenvalue weighted by Gasteiger charge is -2.16. The van der Waals surface area contributed by atoms with E-state index >= 15 is 0 Å². The van der Waals surface area contributed by atoms with Gasteiger partial charge in [-0.1, -0.05) is 18.5 Å². The Morgan fingerprint density at radius 2 is 2.22 bits per heavy atom. The van der Waals surface area contributed by atoms with Crippen LogP contribution in [-0.2, 0) is 11.8 Å². The molecule has 2 heterocycles. The molecule has 3 aromatic rings. The lowest BCUT2D eigenvalue weighted by atomic mass is 10.00. The topological polar surface area (TPSA) is 85.8 Å². The van der Waals surface area contributed by atoms with E-state index < -0.39 is 5.82 Å². The molecular weight excluding hydrogens is 389 g/mol. The minimum absolute atomic E-state index is 0.0351. The Balaban J connectivity index is 1.62. The van der Waals surface area contributed by atoms with Gasteiger partial charge in [0, 0.05) is 40.5 Å². The smallest absolute Gasteiger partial charge is 0.227 e. The number of rotatable bonds is 6. The Hall–Kier alpha value is -2.29. The van der Waals surface area contributed by atoms with Gasteiger partial charge in [0.2, 0.25) is 5.91 Å². The second kappa shape index (κ2) is 8.16. The van der Waals surface area contributed by atoms with Crippen LogP contribution in [0.5, 0.6) is 0 Å². The first-order chi connectivity index (χ1) is 12.8. The summed E-state index contributed by atoms with van der Waals surface area (Å²) < 4.78 is 15.0. The molecule has 0 aliphatic heterocycles. The van der Waals surface area contributed by atoms with E-state index in [0.717, 1.165) is 16.3 Å². The lowest BCUT2D eigenvalue weighted by molar-refractivity contribution is -0.119. The second-order valence-corrected chi connectivity index (χ2v) is 7.71. The number of amides is 1. The van der Waals surface area contributed by atoms with E-state index in [-0.39, 0.29) is 22.9 Å². The van der Waals surface area contributed by atoms with Crippen LogP contribution >= 0.6 is 22.9 Å². The molecule has 3 N–H and O–H groups in total. The highest BCUT2D eigenvalue weighted by atomic mass is 35.5. The number of nitrogens with zero attached hydrogens (tertiary/aromatic N) is 3. The normalized spacial score (nSPS) is 13.4. The average molecular weight is 408 g/mol. The standard InChI is InChI=1S/C18H19ClFN5OS/c1-10(18(26)23-12-3-4-14(20)13(19)7-12)5-15(21)16-6-11(8-27-16)17-24-22-9-25(17)2/h3-4,6-10,15H,5,21H2,1-2H3,(H,23,26)/t10-,15+/m1/s1. The van der Waals surface area contributed by atoms with Crippen molar-refractivity contribution in [3.05, 3.63) is 51.7 Å². The molecule has 2 atom stereocenters. The van der Waals surface area contributed by atoms with Crippen LogP contribution in [0.4, 0.5) is 10.1 Å². The van der Waals surface area contributed by atoms with E-state index in [1.165, 1.54) is 29.5 Å². The van der Waals surface area contributed by atoms with Crippen LogP contribution in [0.2, 0.25) is 5.02 Å². The molecule has 6 nitrogen and oxygen atoms in total. The number of carbonyl (C=O) groups is 1. The van der Waals surface area contributed by atoms with Crippen LogP contribution in [0, 0.1) is 11.7 Å². The Morgan fingerprint density at radius 1 is 1.44 bits per heavy atom. The van der Waals surface area contributed by atoms with Crippen molar-refractivity contribution in [2.45, 2.75) is 19.4 Å². The summed E-state index contributed by atoms with van der Waals surface area (Å²) in [5.41, 5.74) is 7.69. The van der Waals surface area contributed by atoms with Gasteiger partial charge in [-0.2, -0.15) is 0 Å². The highest BCUT2D eigenvalue weighted by Gasteiger charge is 2.20. The van der Waals surface area contributed by atoms with Crippen molar-refractivity contribution >= 4 is 34.5 Å². The highest BCUT2D eigenvalue weighted by Crippen LogP contribution is 2.30. The third-order valence-electron chi connectivity index (χ3n) is 4.20. The number of aromatic nitrogens is 3. The summed E-state index contributed by atoms with van der Waals surface area (Å²) in [5.74, 6) is -0.285. The maximum Gasteiger partial charge on any atom is 0.227 e. The molecule has 0 bridgehead atoms. The fraction of sp³-hybridized carbons (Fsp3) is 0.278. The van der Waals surface area contributed by atoms with Gasteiger partial charge in [-0.3, -0.25) is 4.79 Å². The largest absolute Gasteiger partial charge is 0.326 e. The molecule has 27 heavy (non-hydrogen) atoms. The van der Waals surface area contributed by atoms with Gasteiger partial charge in [0.1, 0.15) is 12.1 Å². The number of anilines is 1. The van der Waals surface area contributed by atoms with Gasteiger partial charge in [0.25, 0.3) is 0 Å². The molecule has 1 aromatic carbocycles. The number of hydrogen-bond donors (Lipinski definition) is 2. The quantitative estimate of drug-likeness (QED) is 0.646. The number of benzene rings is 1. The van der Waals surface area contributed by atoms with Crippen LogP contribution in [0.3, 0.4) is 0 Å². The third-order valence-corrected chi connectivity index (χ3v) is 5.55. The summed E-state index contributed by atoms with van der Waals surface area (Å²) in [6.07, 6.45) is 2.11. The Labute approximate surface area is 165 Å². The van der Waals surface area contributed by atoms with Gasteiger partial charge in [-0.25, -0.2) is 4.39 Å². The Bertz CT molecular complexity index is 957. The molecule has 0 spiro atoms. The number of nitrogens with one attached hydrogen (secondary N) is 1. The predicted octanol–water partition coefficient (Wildman–Crippen LogP) is 4.00. The average Bonchev–Trinajstić information content (AvgIpc) is 3.26. The molecule has 0 aliphatic carbocycles. The molecule has 9 heteroatoms. The van der Waals surface area contributed by atoms with Gasteiger partial charge >= 0.3 is 0 Å². The summed E-state index contributed by atoms with van der Waals surface area (Å²) in [6, 6.07) is 5.76. The molecule has 0 fully saturated rings. The van der Waals surface area contributed by atoms with Crippen molar-refractivity contribution in [2.75, 3.05) is 5.32 Å². The van der Waals surface area contributed by atoms with Gasteiger partial charge in [-0.15, -0.1) is 21.5 Å². The van der Waals surface area contributed by atoms with Crippen LogP contribution in [0.25, 0.3) is 11.4 Å². The minimum atomic E-state index is -0.527. The molecule has 0 radical (unpaired) electrons. The molecule has 142 valence electrons. The van der Waals surface area contributed by atoms with Crippen molar-refractivity contribution in [3.63, 3.8) is 0 Å². The van der Waals surface area contributed by atoms with Gasteiger partial charge in [-0.05, 0) is 30.7 Å². The zero-order valence-electron chi connectivity index (χ0n) is 14.8. The summed E-state index contributed by atoms with van der Waals surface area (Å²) in [6.45, 7) is 1.80. The first kappa shape index (κ1) is 19.5. The Kier molecular flexibility index (Phi) is 5.88. The SMILES string of the molecule is C[C@H](C[C@H](N)c1cc(-c2nncn2C)cs1)C(=O)Nc1ccc(F)c(Cl)c1. The number of halogens is 2. The zero-order valence-corrected chi connectivity index (χ0v) is 16.4. The number of nitrogens with two attached hydrogens (primary N) is 1. The monoisotopic (exact) mass is 407 g/mol. The molecule has 0 aliphatic rings. The second-order valence-electron chi connectivity index (χ2n) is 6.36. The first-order valence-electron chi connectivity index (χ1n) is 8.29. The maximum atomic E-state index is 13.2. The molecule has 0 saturated carbocycles. The van der Waals surface area contributed by atoms with Crippen molar-refractivity contribution in [1.29, 1.82) is 0 Å². The van der Waals surface area contributed by atoms with E-state index in [1.54, 1.807) is 13.3 Å². The molecule has 3 rings (SSSR count). The summed E-state index contributed by atoms with van der Waals surface area (Å²) >= 11 is 7.27. The van der Waals surface area contributed by atoms with Gasteiger partial charge in [0.05, 0.1) is 5.02 Å². The van der Waals surface area contributed by atoms with E-state index in [2.05, 4.69) is 15.5 Å². The van der Waals surface area contributed by atoms with Crippen LogP contribution < -0.4 is 11.1 Å². The summed E-state index contributed by atoms with van der Waals surface area (Å²) in [7, 11) is 1.88. The van der Waals surface area contributed by atoms with E-state index in [9.17, 15) is 9.18 Å². The van der Waals surface area contributed by atoms with Crippen molar-refractivity contribution in [1.82, 2.24) is 14.8 Å². The van der Waals surface area contributed by atoms with Crippen LogP contribution in [-0.4, -0.2) is 20.7 Å². The molecular formula is C18H19ClFN5OS. The third kappa shape index (κ3) is 4.52. The van der Waals surface area contributed by atoms with Gasteiger partial charge < -0.3 is 15.6 Å². The van der Waals surface area contributed by atoms with Gasteiger partial charge in [0.15, 0.2) is 5.82 Å². The number of thiophene rings is 1. The highest BCUT2D eigenvalue weighted by molar-refractivity contribution is 7.10. The molecule has 2 aromatic heterocycles. The predicted molar refractivity (Wildman–Crippen MR) is 105 cm³/mol. The fourth-order valence-electron chi connectivity index (χ4n) is 2.65. The molecule has 1 amide bonds. The van der Waals surface area contributed by atoms with E-state index in [1.807, 2.05) is 23.1 Å². The van der Waals surface area contributed by atoms with Crippen molar-refractivity contribution in [3.8, 4) is 11.4 Å². The number of hydrogen-bond acceptors (Lipinski definition) is 5. The van der Waals surface area contributed by atoms with E-state index in [4.69, 9.17) is 17.3 Å². The minimum Gasteiger partial charge on any atom is -0.326 e. The zero-order chi connectivity index (χ0) is 19.6. The van der Waals surface area contributed by atoms with Crippen molar-refractivity contribution < 1.29 is 9.18 Å². The first-order valence-corrected chi connectivity index (χ1v) is 9.55. The number of carbonyl (C=O) groups excluding carboxylic acids is 1. The molecule has 0 saturated heterocycles. The van der Waals surface area contributed by atoms with Crippen LogP contribution in [0.1, 0.15) is 24.3 Å². The molecule has 0 unspecified atom stereocenters. The Morgan fingerprint density at radius 3 is 2.89 bits per heavy atom. The van der Waals surface area contributed by atoms with E-state index in [0.29, 0.717) is 12.1 Å². The van der Waals surface area contributed by atoms with Crippen LogP contribution in [0.15, 0.2) is 36.0 Å².